The van der Waals surface area contributed by atoms with E-state index in [2.05, 4.69) is 25.5 Å². The van der Waals surface area contributed by atoms with E-state index in [0.29, 0.717) is 22.7 Å². The fourth-order valence-corrected chi connectivity index (χ4v) is 2.00. The van der Waals surface area contributed by atoms with Crippen LogP contribution in [0, 0.1) is 0 Å². The zero-order valence-corrected chi connectivity index (χ0v) is 14.3. The second kappa shape index (κ2) is 8.85. The number of nitrogens with one attached hydrogen (secondary N) is 2. The summed E-state index contributed by atoms with van der Waals surface area (Å²) in [5.74, 6) is 1.87. The lowest BCUT2D eigenvalue weighted by Crippen LogP contribution is -1.95. The van der Waals surface area contributed by atoms with Crippen molar-refractivity contribution in [3.05, 3.63) is 28.3 Å². The van der Waals surface area contributed by atoms with Crippen molar-refractivity contribution in [1.82, 2.24) is 20.2 Å². The highest BCUT2D eigenvalue weighted by molar-refractivity contribution is 6.32. The van der Waals surface area contributed by atoms with E-state index in [1.165, 1.54) is 12.8 Å². The highest BCUT2D eigenvalue weighted by Gasteiger charge is 2.25. The first kappa shape index (κ1) is 17.7. The lowest BCUT2D eigenvalue weighted by atomic mass is 10.3. The topological polar surface area (TPSA) is 66.5 Å². The van der Waals surface area contributed by atoms with Gasteiger partial charge in [-0.3, -0.25) is 5.10 Å². The van der Waals surface area contributed by atoms with Crippen LogP contribution in [-0.4, -0.2) is 20.2 Å². The van der Waals surface area contributed by atoms with E-state index in [-0.39, 0.29) is 5.28 Å². The Balaban J connectivity index is 0.000000510. The van der Waals surface area contributed by atoms with Gasteiger partial charge in [0.15, 0.2) is 5.82 Å². The third kappa shape index (κ3) is 5.52. The predicted octanol–water partition coefficient (Wildman–Crippen LogP) is 5.18. The lowest BCUT2D eigenvalue weighted by Gasteiger charge is -2.01. The van der Waals surface area contributed by atoms with Gasteiger partial charge in [0.1, 0.15) is 11.0 Å². The molecule has 0 saturated heterocycles. The second-order valence-corrected chi connectivity index (χ2v) is 4.68. The molecule has 0 aromatic carbocycles. The fraction of sp³-hybridized carbons (Fsp3) is 0.500. The molecule has 5 nitrogen and oxygen atoms in total. The van der Waals surface area contributed by atoms with Crippen LogP contribution >= 0.6 is 23.2 Å². The Bertz CT molecular complexity index is 532. The zero-order valence-electron chi connectivity index (χ0n) is 12.7. The Labute approximate surface area is 135 Å². The van der Waals surface area contributed by atoms with Crippen molar-refractivity contribution in [1.29, 1.82) is 0 Å². The molecule has 0 aliphatic heterocycles. The van der Waals surface area contributed by atoms with Crippen molar-refractivity contribution in [3.63, 3.8) is 0 Å². The summed E-state index contributed by atoms with van der Waals surface area (Å²) >= 11 is 11.5. The Kier molecular flexibility index (Phi) is 7.47. The van der Waals surface area contributed by atoms with E-state index in [0.717, 1.165) is 5.69 Å². The van der Waals surface area contributed by atoms with E-state index in [1.54, 1.807) is 6.07 Å². The van der Waals surface area contributed by atoms with Gasteiger partial charge >= 0.3 is 0 Å². The minimum Gasteiger partial charge on any atom is -0.323 e. The van der Waals surface area contributed by atoms with Gasteiger partial charge in [0.2, 0.25) is 5.28 Å². The molecule has 1 aliphatic carbocycles. The maximum absolute atomic E-state index is 5.78. The molecule has 1 saturated carbocycles. The Morgan fingerprint density at radius 3 is 2.29 bits per heavy atom. The predicted molar refractivity (Wildman–Crippen MR) is 88.6 cm³/mol. The molecule has 0 unspecified atom stereocenters. The number of halogens is 2. The van der Waals surface area contributed by atoms with Crippen LogP contribution in [0.2, 0.25) is 10.4 Å². The first-order chi connectivity index (χ1) is 10.2. The standard InChI is InChI=1S/C10H9Cl2N5.2C2H6/c11-7-4-8(15-10(12)13-7)14-9-3-6(16-17-9)5-1-2-5;2*1-2/h3-5H,1-2H2,(H2,13,14,15,16,17);2*1-2H3. The molecule has 0 atom stereocenters. The third-order valence-corrected chi connectivity index (χ3v) is 2.90. The van der Waals surface area contributed by atoms with Gasteiger partial charge in [0, 0.05) is 23.7 Å². The van der Waals surface area contributed by atoms with Gasteiger partial charge in [0.25, 0.3) is 0 Å². The number of hydrogen-bond acceptors (Lipinski definition) is 4. The molecular weight excluding hydrogens is 309 g/mol. The molecule has 116 valence electrons. The molecule has 21 heavy (non-hydrogen) atoms. The maximum atomic E-state index is 5.78. The fourth-order valence-electron chi connectivity index (χ4n) is 1.59. The SMILES string of the molecule is CC.CC.Clc1cc(Nc2cc(C3CC3)[nH]n2)nc(Cl)n1. The molecule has 0 radical (unpaired) electrons. The molecule has 2 aromatic rings. The van der Waals surface area contributed by atoms with Crippen molar-refractivity contribution in [2.75, 3.05) is 5.32 Å². The number of H-pyrrole nitrogens is 1. The van der Waals surface area contributed by atoms with Gasteiger partial charge in [-0.15, -0.1) is 0 Å². The summed E-state index contributed by atoms with van der Waals surface area (Å²) in [7, 11) is 0. The van der Waals surface area contributed by atoms with E-state index in [9.17, 15) is 0 Å². The molecule has 0 bridgehead atoms. The highest BCUT2D eigenvalue weighted by atomic mass is 35.5. The van der Waals surface area contributed by atoms with E-state index < -0.39 is 0 Å². The van der Waals surface area contributed by atoms with Crippen molar-refractivity contribution < 1.29 is 0 Å². The Hall–Kier alpha value is -1.33. The quantitative estimate of drug-likeness (QED) is 0.601. The van der Waals surface area contributed by atoms with Gasteiger partial charge in [-0.05, 0) is 24.4 Å². The summed E-state index contributed by atoms with van der Waals surface area (Å²) in [6, 6.07) is 3.57. The molecule has 2 aromatic heterocycles. The molecule has 2 N–H and O–H groups in total. The summed E-state index contributed by atoms with van der Waals surface area (Å²) in [4.78, 5) is 7.77. The van der Waals surface area contributed by atoms with Crippen LogP contribution in [-0.2, 0) is 0 Å². The lowest BCUT2D eigenvalue weighted by molar-refractivity contribution is 0.966. The number of rotatable bonds is 3. The summed E-state index contributed by atoms with van der Waals surface area (Å²) in [5.41, 5.74) is 1.15. The molecule has 0 spiro atoms. The number of hydrogen-bond donors (Lipinski definition) is 2. The van der Waals surface area contributed by atoms with Crippen LogP contribution in [0.25, 0.3) is 0 Å². The summed E-state index contributed by atoms with van der Waals surface area (Å²) in [6.07, 6.45) is 2.46. The minimum absolute atomic E-state index is 0.109. The van der Waals surface area contributed by atoms with Gasteiger partial charge < -0.3 is 5.32 Å². The van der Waals surface area contributed by atoms with E-state index in [4.69, 9.17) is 23.2 Å². The number of anilines is 2. The van der Waals surface area contributed by atoms with Crippen molar-refractivity contribution >= 4 is 34.8 Å². The van der Waals surface area contributed by atoms with E-state index in [1.807, 2.05) is 33.8 Å². The summed E-state index contributed by atoms with van der Waals surface area (Å²) < 4.78 is 0. The molecule has 1 aliphatic rings. The third-order valence-electron chi connectivity index (χ3n) is 2.54. The second-order valence-electron chi connectivity index (χ2n) is 3.95. The first-order valence-electron chi connectivity index (χ1n) is 7.23. The van der Waals surface area contributed by atoms with E-state index >= 15 is 0 Å². The van der Waals surface area contributed by atoms with Gasteiger partial charge in [-0.1, -0.05) is 39.3 Å². The summed E-state index contributed by atoms with van der Waals surface area (Å²) in [6.45, 7) is 8.00. The molecule has 0 amide bonds. The normalized spacial score (nSPS) is 12.7. The van der Waals surface area contributed by atoms with Gasteiger partial charge in [-0.2, -0.15) is 5.10 Å². The van der Waals surface area contributed by atoms with Crippen LogP contribution in [0.5, 0.6) is 0 Å². The van der Waals surface area contributed by atoms with Crippen LogP contribution in [0.4, 0.5) is 11.6 Å². The smallest absolute Gasteiger partial charge is 0.225 e. The average Bonchev–Trinajstić information content (AvgIpc) is 3.23. The maximum Gasteiger partial charge on any atom is 0.225 e. The van der Waals surface area contributed by atoms with Crippen LogP contribution in [0.3, 0.4) is 0 Å². The molecular formula is C14H21Cl2N5. The molecule has 2 heterocycles. The largest absolute Gasteiger partial charge is 0.323 e. The molecule has 3 rings (SSSR count). The minimum atomic E-state index is 0.109. The highest BCUT2D eigenvalue weighted by Crippen LogP contribution is 2.39. The van der Waals surface area contributed by atoms with Crippen LogP contribution in [0.15, 0.2) is 12.1 Å². The summed E-state index contributed by atoms with van der Waals surface area (Å²) in [5, 5.41) is 10.6. The van der Waals surface area contributed by atoms with Crippen LogP contribution in [0.1, 0.15) is 52.1 Å². The monoisotopic (exact) mass is 329 g/mol. The number of nitrogens with zero attached hydrogens (tertiary/aromatic N) is 3. The van der Waals surface area contributed by atoms with Gasteiger partial charge in [-0.25, -0.2) is 9.97 Å². The van der Waals surface area contributed by atoms with Crippen molar-refractivity contribution in [3.8, 4) is 0 Å². The Morgan fingerprint density at radius 1 is 1.05 bits per heavy atom. The van der Waals surface area contributed by atoms with Gasteiger partial charge in [0.05, 0.1) is 0 Å². The zero-order chi connectivity index (χ0) is 15.8. The van der Waals surface area contributed by atoms with Crippen molar-refractivity contribution in [2.45, 2.75) is 46.5 Å². The first-order valence-corrected chi connectivity index (χ1v) is 7.99. The number of aromatic amines is 1. The Morgan fingerprint density at radius 2 is 1.71 bits per heavy atom. The molecule has 7 heteroatoms. The average molecular weight is 330 g/mol. The van der Waals surface area contributed by atoms with Crippen LogP contribution < -0.4 is 5.32 Å². The van der Waals surface area contributed by atoms with Crippen molar-refractivity contribution in [2.24, 2.45) is 0 Å². The molecule has 1 fully saturated rings. The number of aromatic nitrogens is 4.